The van der Waals surface area contributed by atoms with Crippen LogP contribution in [0.25, 0.3) is 0 Å². The van der Waals surface area contributed by atoms with Gasteiger partial charge in [-0.3, -0.25) is 5.10 Å². The van der Waals surface area contributed by atoms with Gasteiger partial charge in [0.05, 0.1) is 11.8 Å². The quantitative estimate of drug-likeness (QED) is 0.644. The number of nitrogens with two attached hydrogens (primary N) is 1. The van der Waals surface area contributed by atoms with Crippen molar-refractivity contribution in [3.8, 4) is 0 Å². The molecule has 1 aromatic rings. The van der Waals surface area contributed by atoms with Gasteiger partial charge in [0.25, 0.3) is 10.0 Å². The van der Waals surface area contributed by atoms with Crippen molar-refractivity contribution in [2.24, 2.45) is 5.73 Å². The fourth-order valence-electron chi connectivity index (χ4n) is 1.09. The van der Waals surface area contributed by atoms with E-state index in [1.807, 2.05) is 0 Å². The predicted octanol–water partition coefficient (Wildman–Crippen LogP) is -0.428. The van der Waals surface area contributed by atoms with Gasteiger partial charge in [-0.1, -0.05) is 0 Å². The summed E-state index contributed by atoms with van der Waals surface area (Å²) in [6, 6.07) is 0. The Morgan fingerprint density at radius 1 is 1.59 bits per heavy atom. The molecule has 0 bridgehead atoms. The van der Waals surface area contributed by atoms with Gasteiger partial charge in [-0.2, -0.15) is 5.10 Å². The molecule has 0 aromatic carbocycles. The van der Waals surface area contributed by atoms with Crippen molar-refractivity contribution in [1.29, 1.82) is 0 Å². The van der Waals surface area contributed by atoms with Crippen LogP contribution in [-0.2, 0) is 21.3 Å². The Morgan fingerprint density at radius 3 is 2.76 bits per heavy atom. The molecule has 98 valence electrons. The minimum atomic E-state index is -3.63. The standard InChI is InChI=1S/C9H18N4O3S/c1-9(2,16-3)6-12-17(14,15)8-7(4-10)5-11-13-8/h5,12H,4,6,10H2,1-3H3,(H,11,13). The summed E-state index contributed by atoms with van der Waals surface area (Å²) >= 11 is 0. The lowest BCUT2D eigenvalue weighted by molar-refractivity contribution is 0.0276. The average molecular weight is 262 g/mol. The first-order valence-corrected chi connectivity index (χ1v) is 6.58. The SMILES string of the molecule is COC(C)(C)CNS(=O)(=O)c1[nH]ncc1CN. The molecule has 0 aliphatic rings. The fraction of sp³-hybridized carbons (Fsp3) is 0.667. The second-order valence-corrected chi connectivity index (χ2v) is 5.92. The molecule has 0 spiro atoms. The van der Waals surface area contributed by atoms with Crippen molar-refractivity contribution < 1.29 is 13.2 Å². The molecular formula is C9H18N4O3S. The Bertz CT molecular complexity index is 466. The number of methoxy groups -OCH3 is 1. The molecular weight excluding hydrogens is 244 g/mol. The van der Waals surface area contributed by atoms with Crippen LogP contribution in [0.1, 0.15) is 19.4 Å². The zero-order chi connectivity index (χ0) is 13.1. The molecule has 0 atom stereocenters. The highest BCUT2D eigenvalue weighted by Crippen LogP contribution is 2.12. The number of ether oxygens (including phenoxy) is 1. The molecule has 1 rings (SSSR count). The molecule has 0 radical (unpaired) electrons. The van der Waals surface area contributed by atoms with Crippen molar-refractivity contribution in [3.05, 3.63) is 11.8 Å². The van der Waals surface area contributed by atoms with Gasteiger partial charge in [-0.25, -0.2) is 13.1 Å². The van der Waals surface area contributed by atoms with Gasteiger partial charge >= 0.3 is 0 Å². The van der Waals surface area contributed by atoms with Crippen LogP contribution in [0.2, 0.25) is 0 Å². The van der Waals surface area contributed by atoms with E-state index in [0.717, 1.165) is 0 Å². The van der Waals surface area contributed by atoms with Gasteiger partial charge in [0.1, 0.15) is 0 Å². The molecule has 0 saturated carbocycles. The molecule has 8 heteroatoms. The molecule has 0 unspecified atom stereocenters. The fourth-order valence-corrected chi connectivity index (χ4v) is 2.43. The summed E-state index contributed by atoms with van der Waals surface area (Å²) in [6.07, 6.45) is 1.40. The first-order valence-electron chi connectivity index (χ1n) is 5.09. The van der Waals surface area contributed by atoms with Gasteiger partial charge in [-0.05, 0) is 13.8 Å². The van der Waals surface area contributed by atoms with Crippen molar-refractivity contribution in [1.82, 2.24) is 14.9 Å². The van der Waals surface area contributed by atoms with Crippen LogP contribution in [0.3, 0.4) is 0 Å². The third kappa shape index (κ3) is 3.50. The van der Waals surface area contributed by atoms with Crippen molar-refractivity contribution in [2.45, 2.75) is 31.0 Å². The Morgan fingerprint density at radius 2 is 2.24 bits per heavy atom. The van der Waals surface area contributed by atoms with Crippen molar-refractivity contribution >= 4 is 10.0 Å². The highest BCUT2D eigenvalue weighted by Gasteiger charge is 2.24. The second kappa shape index (κ2) is 5.13. The van der Waals surface area contributed by atoms with Crippen LogP contribution >= 0.6 is 0 Å². The van der Waals surface area contributed by atoms with Crippen molar-refractivity contribution in [3.63, 3.8) is 0 Å². The molecule has 0 saturated heterocycles. The zero-order valence-electron chi connectivity index (χ0n) is 10.1. The van der Waals surface area contributed by atoms with E-state index in [1.54, 1.807) is 13.8 Å². The van der Waals surface area contributed by atoms with Gasteiger partial charge < -0.3 is 10.5 Å². The van der Waals surface area contributed by atoms with Crippen LogP contribution in [0.5, 0.6) is 0 Å². The second-order valence-electron chi connectivity index (χ2n) is 4.22. The maximum Gasteiger partial charge on any atom is 0.257 e. The molecule has 1 aromatic heterocycles. The molecule has 0 amide bonds. The number of aromatic nitrogens is 2. The number of hydrogen-bond donors (Lipinski definition) is 3. The number of hydrogen-bond acceptors (Lipinski definition) is 5. The van der Waals surface area contributed by atoms with E-state index < -0.39 is 15.6 Å². The summed E-state index contributed by atoms with van der Waals surface area (Å²) in [5.41, 5.74) is 5.30. The largest absolute Gasteiger partial charge is 0.377 e. The minimum absolute atomic E-state index is 0.00639. The van der Waals surface area contributed by atoms with E-state index in [4.69, 9.17) is 10.5 Å². The van der Waals surface area contributed by atoms with E-state index in [0.29, 0.717) is 5.56 Å². The number of nitrogens with one attached hydrogen (secondary N) is 2. The number of sulfonamides is 1. The first kappa shape index (κ1) is 14.1. The average Bonchev–Trinajstić information content (AvgIpc) is 2.75. The van der Waals surface area contributed by atoms with Crippen molar-refractivity contribution in [2.75, 3.05) is 13.7 Å². The summed E-state index contributed by atoms with van der Waals surface area (Å²) in [6.45, 7) is 3.84. The molecule has 0 aliphatic heterocycles. The monoisotopic (exact) mass is 262 g/mol. The van der Waals surface area contributed by atoms with Gasteiger partial charge in [0.15, 0.2) is 5.03 Å². The van der Waals surface area contributed by atoms with Crippen LogP contribution in [0.15, 0.2) is 11.2 Å². The molecule has 7 nitrogen and oxygen atoms in total. The number of rotatable bonds is 6. The Labute approximate surface area is 101 Å². The van der Waals surface area contributed by atoms with E-state index in [9.17, 15) is 8.42 Å². The number of aromatic amines is 1. The first-order chi connectivity index (χ1) is 7.82. The highest BCUT2D eigenvalue weighted by molar-refractivity contribution is 7.89. The molecule has 1 heterocycles. The molecule has 4 N–H and O–H groups in total. The lowest BCUT2D eigenvalue weighted by Crippen LogP contribution is -2.40. The summed E-state index contributed by atoms with van der Waals surface area (Å²) in [7, 11) is -2.11. The number of nitrogens with zero attached hydrogens (tertiary/aromatic N) is 1. The van der Waals surface area contributed by atoms with Gasteiger partial charge in [0, 0.05) is 25.8 Å². The Kier molecular flexibility index (Phi) is 4.26. The number of H-pyrrole nitrogens is 1. The van der Waals surface area contributed by atoms with Crippen LogP contribution < -0.4 is 10.5 Å². The normalized spacial score (nSPS) is 12.9. The molecule has 17 heavy (non-hydrogen) atoms. The summed E-state index contributed by atoms with van der Waals surface area (Å²) in [4.78, 5) is 0. The van der Waals surface area contributed by atoms with Crippen LogP contribution in [-0.4, -0.2) is 37.9 Å². The minimum Gasteiger partial charge on any atom is -0.377 e. The predicted molar refractivity (Wildman–Crippen MR) is 62.8 cm³/mol. The summed E-state index contributed by atoms with van der Waals surface area (Å²) < 4.78 is 31.5. The van der Waals surface area contributed by atoms with Crippen LogP contribution in [0.4, 0.5) is 0 Å². The summed E-state index contributed by atoms with van der Waals surface area (Å²) in [5.74, 6) is 0. The lowest BCUT2D eigenvalue weighted by Gasteiger charge is -2.22. The third-order valence-electron chi connectivity index (χ3n) is 2.41. The topological polar surface area (TPSA) is 110 Å². The molecule has 0 fully saturated rings. The van der Waals surface area contributed by atoms with E-state index in [-0.39, 0.29) is 18.1 Å². The van der Waals surface area contributed by atoms with Crippen LogP contribution in [0, 0.1) is 0 Å². The van der Waals surface area contributed by atoms with Gasteiger partial charge in [-0.15, -0.1) is 0 Å². The van der Waals surface area contributed by atoms with E-state index in [2.05, 4.69) is 14.9 Å². The van der Waals surface area contributed by atoms with E-state index in [1.165, 1.54) is 13.3 Å². The molecule has 0 aliphatic carbocycles. The zero-order valence-corrected chi connectivity index (χ0v) is 11.0. The maximum absolute atomic E-state index is 11.9. The third-order valence-corrected chi connectivity index (χ3v) is 3.82. The lowest BCUT2D eigenvalue weighted by atomic mass is 10.1. The highest BCUT2D eigenvalue weighted by atomic mass is 32.2. The Balaban J connectivity index is 2.83. The van der Waals surface area contributed by atoms with E-state index >= 15 is 0 Å². The summed E-state index contributed by atoms with van der Waals surface area (Å²) in [5, 5.41) is 6.10. The maximum atomic E-state index is 11.9. The Hall–Kier alpha value is -0.960. The van der Waals surface area contributed by atoms with Gasteiger partial charge in [0.2, 0.25) is 0 Å². The smallest absolute Gasteiger partial charge is 0.257 e.